The zero-order valence-electron chi connectivity index (χ0n) is 8.68. The van der Waals surface area contributed by atoms with Crippen molar-refractivity contribution < 1.29 is 4.79 Å². The third-order valence-corrected chi connectivity index (χ3v) is 2.82. The molecule has 0 atom stereocenters. The minimum absolute atomic E-state index is 0.0271. The number of aryl methyl sites for hydroxylation is 2. The Morgan fingerprint density at radius 2 is 2.13 bits per heavy atom. The number of aromatic nitrogens is 4. The summed E-state index contributed by atoms with van der Waals surface area (Å²) in [6.07, 6.45) is 0. The molecule has 2 aromatic rings. The molecule has 0 radical (unpaired) electrons. The topological polar surface area (TPSA) is 60.7 Å². The molecule has 0 amide bonds. The van der Waals surface area contributed by atoms with Crippen LogP contribution in [-0.2, 0) is 0 Å². The first-order valence-corrected chi connectivity index (χ1v) is 5.33. The minimum atomic E-state index is -0.0271. The van der Waals surface area contributed by atoms with Gasteiger partial charge in [-0.1, -0.05) is 0 Å². The summed E-state index contributed by atoms with van der Waals surface area (Å²) in [4.78, 5) is 19.4. The number of ketones is 1. The molecule has 0 N–H and O–H groups in total. The van der Waals surface area contributed by atoms with Crippen LogP contribution in [0.15, 0.2) is 5.38 Å². The van der Waals surface area contributed by atoms with Gasteiger partial charge in [0.15, 0.2) is 16.6 Å². The molecule has 0 saturated heterocycles. The van der Waals surface area contributed by atoms with Gasteiger partial charge in [0.1, 0.15) is 11.6 Å². The second-order valence-electron chi connectivity index (χ2n) is 3.19. The summed E-state index contributed by atoms with van der Waals surface area (Å²) in [5, 5.41) is 6.49. The van der Waals surface area contributed by atoms with Gasteiger partial charge in [-0.05, 0) is 13.8 Å². The quantitative estimate of drug-likeness (QED) is 0.723. The van der Waals surface area contributed by atoms with Crippen LogP contribution in [0, 0.1) is 13.8 Å². The molecule has 2 rings (SSSR count). The molecule has 0 aliphatic heterocycles. The van der Waals surface area contributed by atoms with Crippen molar-refractivity contribution >= 4 is 17.1 Å². The van der Waals surface area contributed by atoms with E-state index in [9.17, 15) is 4.79 Å². The van der Waals surface area contributed by atoms with Gasteiger partial charge >= 0.3 is 0 Å². The van der Waals surface area contributed by atoms with Crippen LogP contribution in [0.2, 0.25) is 0 Å². The van der Waals surface area contributed by atoms with E-state index in [0.717, 1.165) is 5.82 Å². The average molecular weight is 222 g/mol. The summed E-state index contributed by atoms with van der Waals surface area (Å²) in [6.45, 7) is 5.18. The van der Waals surface area contributed by atoms with Crippen LogP contribution in [0.4, 0.5) is 0 Å². The molecule has 0 fully saturated rings. The Bertz CT molecular complexity index is 514. The van der Waals surface area contributed by atoms with Crippen molar-refractivity contribution in [3.05, 3.63) is 22.0 Å². The lowest BCUT2D eigenvalue weighted by molar-refractivity contribution is 0.101. The van der Waals surface area contributed by atoms with Crippen molar-refractivity contribution in [3.63, 3.8) is 0 Å². The summed E-state index contributed by atoms with van der Waals surface area (Å²) in [6, 6.07) is 0. The number of hydrogen-bond acceptors (Lipinski definition) is 5. The number of nitrogens with zero attached hydrogens (tertiary/aromatic N) is 4. The molecule has 2 heterocycles. The maximum Gasteiger partial charge on any atom is 0.188 e. The third kappa shape index (κ3) is 1.80. The monoisotopic (exact) mass is 222 g/mol. The van der Waals surface area contributed by atoms with Gasteiger partial charge in [-0.2, -0.15) is 4.68 Å². The molecule has 15 heavy (non-hydrogen) atoms. The van der Waals surface area contributed by atoms with Gasteiger partial charge in [0, 0.05) is 12.3 Å². The molecule has 0 spiro atoms. The Morgan fingerprint density at radius 3 is 2.60 bits per heavy atom. The predicted molar refractivity (Wildman–Crippen MR) is 56.5 cm³/mol. The lowest BCUT2D eigenvalue weighted by Crippen LogP contribution is -2.01. The SMILES string of the molecule is CC(=O)c1nc(-n2nc(C)nc2C)cs1. The Labute approximate surface area is 90.8 Å². The Kier molecular flexibility index (Phi) is 2.36. The molecule has 6 heteroatoms. The van der Waals surface area contributed by atoms with Crippen LogP contribution in [0.3, 0.4) is 0 Å². The van der Waals surface area contributed by atoms with E-state index >= 15 is 0 Å². The van der Waals surface area contributed by atoms with E-state index in [-0.39, 0.29) is 5.78 Å². The van der Waals surface area contributed by atoms with E-state index in [0.29, 0.717) is 16.6 Å². The normalized spacial score (nSPS) is 10.6. The summed E-state index contributed by atoms with van der Waals surface area (Å²) >= 11 is 1.32. The lowest BCUT2D eigenvalue weighted by atomic mass is 10.5. The maximum atomic E-state index is 11.1. The number of carbonyl (C=O) groups excluding carboxylic acids is 1. The predicted octanol–water partition coefficient (Wildman–Crippen LogP) is 1.54. The van der Waals surface area contributed by atoms with Crippen LogP contribution in [-0.4, -0.2) is 25.5 Å². The zero-order chi connectivity index (χ0) is 11.0. The van der Waals surface area contributed by atoms with Crippen molar-refractivity contribution in [3.8, 4) is 5.82 Å². The van der Waals surface area contributed by atoms with Gasteiger partial charge in [-0.25, -0.2) is 9.97 Å². The molecule has 0 aliphatic carbocycles. The van der Waals surface area contributed by atoms with Crippen molar-refractivity contribution in [1.82, 2.24) is 19.7 Å². The molecule has 0 bridgehead atoms. The first-order chi connectivity index (χ1) is 7.08. The van der Waals surface area contributed by atoms with E-state index < -0.39 is 0 Å². The highest BCUT2D eigenvalue weighted by atomic mass is 32.1. The molecular formula is C9H10N4OS. The number of rotatable bonds is 2. The Morgan fingerprint density at radius 1 is 1.40 bits per heavy atom. The van der Waals surface area contributed by atoms with Crippen LogP contribution in [0.25, 0.3) is 5.82 Å². The molecule has 0 aliphatic rings. The van der Waals surface area contributed by atoms with Crippen molar-refractivity contribution in [2.75, 3.05) is 0 Å². The second kappa shape index (κ2) is 3.54. The summed E-state index contributed by atoms with van der Waals surface area (Å²) in [5.74, 6) is 2.10. The minimum Gasteiger partial charge on any atom is -0.292 e. The highest BCUT2D eigenvalue weighted by Crippen LogP contribution is 2.14. The highest BCUT2D eigenvalue weighted by molar-refractivity contribution is 7.11. The summed E-state index contributed by atoms with van der Waals surface area (Å²) < 4.78 is 1.64. The van der Waals surface area contributed by atoms with Crippen molar-refractivity contribution in [2.24, 2.45) is 0 Å². The molecule has 0 aromatic carbocycles. The Hall–Kier alpha value is -1.56. The van der Waals surface area contributed by atoms with Crippen LogP contribution in [0.5, 0.6) is 0 Å². The first kappa shape index (κ1) is 9.97. The fourth-order valence-electron chi connectivity index (χ4n) is 1.26. The zero-order valence-corrected chi connectivity index (χ0v) is 9.50. The summed E-state index contributed by atoms with van der Waals surface area (Å²) in [7, 11) is 0. The number of carbonyl (C=O) groups is 1. The van der Waals surface area contributed by atoms with Gasteiger partial charge in [-0.15, -0.1) is 16.4 Å². The second-order valence-corrected chi connectivity index (χ2v) is 4.04. The van der Waals surface area contributed by atoms with E-state index in [2.05, 4.69) is 15.1 Å². The molecule has 2 aromatic heterocycles. The van der Waals surface area contributed by atoms with Crippen molar-refractivity contribution in [2.45, 2.75) is 20.8 Å². The standard InChI is InChI=1S/C9H10N4OS/c1-5(14)9-11-8(4-15-9)13-7(3)10-6(2)12-13/h4H,1-3H3. The molecule has 0 saturated carbocycles. The van der Waals surface area contributed by atoms with Gasteiger partial charge < -0.3 is 0 Å². The van der Waals surface area contributed by atoms with Gasteiger partial charge in [0.25, 0.3) is 0 Å². The maximum absolute atomic E-state index is 11.1. The van der Waals surface area contributed by atoms with Gasteiger partial charge in [-0.3, -0.25) is 4.79 Å². The van der Waals surface area contributed by atoms with E-state index in [1.807, 2.05) is 13.8 Å². The highest BCUT2D eigenvalue weighted by Gasteiger charge is 2.11. The van der Waals surface area contributed by atoms with Gasteiger partial charge in [0.2, 0.25) is 0 Å². The van der Waals surface area contributed by atoms with E-state index in [1.54, 1.807) is 10.1 Å². The molecule has 5 nitrogen and oxygen atoms in total. The largest absolute Gasteiger partial charge is 0.292 e. The number of thiazole rings is 1. The summed E-state index contributed by atoms with van der Waals surface area (Å²) in [5.41, 5.74) is 0. The third-order valence-electron chi connectivity index (χ3n) is 1.89. The van der Waals surface area contributed by atoms with Crippen LogP contribution in [0.1, 0.15) is 28.4 Å². The lowest BCUT2D eigenvalue weighted by Gasteiger charge is -1.95. The Balaban J connectivity index is 2.45. The molecule has 78 valence electrons. The fraction of sp³-hybridized carbons (Fsp3) is 0.333. The molecule has 0 unspecified atom stereocenters. The molecular weight excluding hydrogens is 212 g/mol. The van der Waals surface area contributed by atoms with Crippen molar-refractivity contribution in [1.29, 1.82) is 0 Å². The number of Topliss-reactive ketones (excluding diaryl/α,β-unsaturated/α-hetero) is 1. The number of hydrogen-bond donors (Lipinski definition) is 0. The van der Waals surface area contributed by atoms with Crippen LogP contribution < -0.4 is 0 Å². The smallest absolute Gasteiger partial charge is 0.188 e. The van der Waals surface area contributed by atoms with Crippen LogP contribution >= 0.6 is 11.3 Å². The average Bonchev–Trinajstić information content (AvgIpc) is 2.71. The van der Waals surface area contributed by atoms with E-state index in [1.165, 1.54) is 18.3 Å². The van der Waals surface area contributed by atoms with Gasteiger partial charge in [0.05, 0.1) is 0 Å². The fourth-order valence-corrected chi connectivity index (χ4v) is 1.94. The first-order valence-electron chi connectivity index (χ1n) is 4.45. The van der Waals surface area contributed by atoms with E-state index in [4.69, 9.17) is 0 Å².